The molecule has 2 aromatic carbocycles. The average Bonchev–Trinajstić information content (AvgIpc) is 2.29. The normalized spacial score (nSPS) is 9.93. The second-order valence-corrected chi connectivity index (χ2v) is 3.46. The first-order valence-electron chi connectivity index (χ1n) is 4.85. The molecule has 0 saturated carbocycles. The quantitative estimate of drug-likeness (QED) is 0.673. The van der Waals surface area contributed by atoms with Crippen molar-refractivity contribution in [1.29, 1.82) is 0 Å². The number of carbonyl (C=O) groups excluding carboxylic acids is 1. The lowest BCUT2D eigenvalue weighted by atomic mass is 10.0. The van der Waals surface area contributed by atoms with Crippen LogP contribution in [0.5, 0.6) is 0 Å². The highest BCUT2D eigenvalue weighted by molar-refractivity contribution is 6.08. The third kappa shape index (κ3) is 2.13. The fourth-order valence-corrected chi connectivity index (χ4v) is 1.48. The van der Waals surface area contributed by atoms with Crippen LogP contribution < -0.4 is 0 Å². The zero-order valence-electron chi connectivity index (χ0n) is 8.53. The van der Waals surface area contributed by atoms with E-state index in [1.54, 1.807) is 12.1 Å². The first-order valence-corrected chi connectivity index (χ1v) is 4.85. The van der Waals surface area contributed by atoms with Crippen molar-refractivity contribution in [3.05, 3.63) is 71.3 Å². The van der Waals surface area contributed by atoms with Gasteiger partial charge in [0.1, 0.15) is 0 Å². The van der Waals surface area contributed by atoms with E-state index in [-0.39, 0.29) is 5.78 Å². The molecule has 0 bridgehead atoms. The molecule has 0 fully saturated rings. The third-order valence-corrected chi connectivity index (χ3v) is 2.24. The number of hydrogen-bond acceptors (Lipinski definition) is 1. The zero-order chi connectivity index (χ0) is 10.7. The predicted octanol–water partition coefficient (Wildman–Crippen LogP) is 3.03. The molecule has 1 heteroatoms. The van der Waals surface area contributed by atoms with Crippen LogP contribution in [0.15, 0.2) is 48.5 Å². The summed E-state index contributed by atoms with van der Waals surface area (Å²) in [6.45, 7) is 1.93. The lowest BCUT2D eigenvalue weighted by Gasteiger charge is -2.01. The van der Waals surface area contributed by atoms with E-state index in [0.717, 1.165) is 16.7 Å². The van der Waals surface area contributed by atoms with E-state index >= 15 is 0 Å². The fourth-order valence-electron chi connectivity index (χ4n) is 1.48. The van der Waals surface area contributed by atoms with E-state index in [2.05, 4.69) is 6.07 Å². The van der Waals surface area contributed by atoms with E-state index in [1.807, 2.05) is 43.3 Å². The molecule has 0 saturated heterocycles. The number of ketones is 1. The van der Waals surface area contributed by atoms with Crippen molar-refractivity contribution in [2.24, 2.45) is 0 Å². The number of aryl methyl sites for hydroxylation is 1. The summed E-state index contributed by atoms with van der Waals surface area (Å²) in [5, 5.41) is 0. The Bertz CT molecular complexity index is 472. The molecule has 0 heterocycles. The molecule has 0 amide bonds. The second kappa shape index (κ2) is 4.09. The van der Waals surface area contributed by atoms with Crippen LogP contribution in [0.4, 0.5) is 0 Å². The lowest BCUT2D eigenvalue weighted by molar-refractivity contribution is 0.103. The van der Waals surface area contributed by atoms with E-state index in [0.29, 0.717) is 0 Å². The molecule has 0 unspecified atom stereocenters. The molecule has 0 aliphatic rings. The Balaban J connectivity index is 2.37. The molecule has 1 nitrogen and oxygen atoms in total. The van der Waals surface area contributed by atoms with Crippen LogP contribution in [-0.2, 0) is 0 Å². The van der Waals surface area contributed by atoms with Gasteiger partial charge in [0, 0.05) is 11.1 Å². The van der Waals surface area contributed by atoms with Crippen molar-refractivity contribution in [2.75, 3.05) is 0 Å². The first-order chi connectivity index (χ1) is 7.27. The van der Waals surface area contributed by atoms with Gasteiger partial charge >= 0.3 is 0 Å². The highest BCUT2D eigenvalue weighted by Gasteiger charge is 2.07. The summed E-state index contributed by atoms with van der Waals surface area (Å²) in [7, 11) is 0. The Morgan fingerprint density at radius 2 is 1.80 bits per heavy atom. The average molecular weight is 195 g/mol. The molecule has 2 aromatic rings. The van der Waals surface area contributed by atoms with E-state index in [4.69, 9.17) is 0 Å². The summed E-state index contributed by atoms with van der Waals surface area (Å²) in [4.78, 5) is 12.0. The number of benzene rings is 2. The molecule has 15 heavy (non-hydrogen) atoms. The number of rotatable bonds is 2. The van der Waals surface area contributed by atoms with Gasteiger partial charge < -0.3 is 0 Å². The molecule has 73 valence electrons. The minimum atomic E-state index is 0.0627. The van der Waals surface area contributed by atoms with Gasteiger partial charge in [-0.1, -0.05) is 42.5 Å². The standard InChI is InChI=1S/C14H11O/c1-11-6-5-9-13(10-11)14(15)12-7-3-2-4-8-12/h2-5,7-10H,1H3. The summed E-state index contributed by atoms with van der Waals surface area (Å²) in [6.07, 6.45) is 0. The Hall–Kier alpha value is -1.89. The van der Waals surface area contributed by atoms with Crippen molar-refractivity contribution in [1.82, 2.24) is 0 Å². The molecule has 0 spiro atoms. The van der Waals surface area contributed by atoms with Crippen LogP contribution in [0, 0.1) is 13.0 Å². The Morgan fingerprint density at radius 1 is 1.07 bits per heavy atom. The van der Waals surface area contributed by atoms with E-state index in [9.17, 15) is 4.79 Å². The fraction of sp³-hybridized carbons (Fsp3) is 0.0714. The summed E-state index contributed by atoms with van der Waals surface area (Å²) in [5.74, 6) is 0.0627. The van der Waals surface area contributed by atoms with Gasteiger partial charge in [0.25, 0.3) is 0 Å². The zero-order valence-corrected chi connectivity index (χ0v) is 8.53. The molecule has 2 rings (SSSR count). The van der Waals surface area contributed by atoms with Crippen molar-refractivity contribution < 1.29 is 4.79 Å². The summed E-state index contributed by atoms with van der Waals surface area (Å²) < 4.78 is 0. The van der Waals surface area contributed by atoms with Crippen LogP contribution >= 0.6 is 0 Å². The van der Waals surface area contributed by atoms with Crippen molar-refractivity contribution in [3.63, 3.8) is 0 Å². The van der Waals surface area contributed by atoms with Crippen molar-refractivity contribution >= 4 is 5.78 Å². The maximum atomic E-state index is 12.0. The minimum absolute atomic E-state index is 0.0627. The lowest BCUT2D eigenvalue weighted by Crippen LogP contribution is -2.00. The summed E-state index contributed by atoms with van der Waals surface area (Å²) in [6, 6.07) is 17.8. The van der Waals surface area contributed by atoms with Crippen molar-refractivity contribution in [3.8, 4) is 0 Å². The predicted molar refractivity (Wildman–Crippen MR) is 59.9 cm³/mol. The third-order valence-electron chi connectivity index (χ3n) is 2.24. The van der Waals surface area contributed by atoms with Crippen LogP contribution in [0.2, 0.25) is 0 Å². The van der Waals surface area contributed by atoms with E-state index < -0.39 is 0 Å². The molecular formula is C14H11O. The van der Waals surface area contributed by atoms with Gasteiger partial charge in [-0.25, -0.2) is 0 Å². The topological polar surface area (TPSA) is 17.1 Å². The van der Waals surface area contributed by atoms with Crippen LogP contribution in [0.1, 0.15) is 21.5 Å². The number of hydrogen-bond donors (Lipinski definition) is 0. The van der Waals surface area contributed by atoms with Gasteiger partial charge in [-0.05, 0) is 24.6 Å². The van der Waals surface area contributed by atoms with Crippen molar-refractivity contribution in [2.45, 2.75) is 6.92 Å². The Morgan fingerprint density at radius 3 is 2.47 bits per heavy atom. The monoisotopic (exact) mass is 195 g/mol. The SMILES string of the molecule is Cc1[c]ccc(C(=O)c2ccccc2)c1. The second-order valence-electron chi connectivity index (χ2n) is 3.46. The van der Waals surface area contributed by atoms with Crippen LogP contribution in [-0.4, -0.2) is 5.78 Å². The number of carbonyl (C=O) groups is 1. The van der Waals surface area contributed by atoms with E-state index in [1.165, 1.54) is 0 Å². The van der Waals surface area contributed by atoms with Gasteiger partial charge in [-0.2, -0.15) is 0 Å². The smallest absolute Gasteiger partial charge is 0.193 e. The molecule has 1 radical (unpaired) electrons. The summed E-state index contributed by atoms with van der Waals surface area (Å²) in [5.41, 5.74) is 2.43. The van der Waals surface area contributed by atoms with Gasteiger partial charge in [0.15, 0.2) is 5.78 Å². The minimum Gasteiger partial charge on any atom is -0.289 e. The van der Waals surface area contributed by atoms with Gasteiger partial charge in [0.2, 0.25) is 0 Å². The Kier molecular flexibility index (Phi) is 2.64. The molecule has 0 atom stereocenters. The molecule has 0 N–H and O–H groups in total. The molecule has 0 aliphatic heterocycles. The van der Waals surface area contributed by atoms with Gasteiger partial charge in [-0.3, -0.25) is 4.79 Å². The van der Waals surface area contributed by atoms with Crippen LogP contribution in [0.25, 0.3) is 0 Å². The van der Waals surface area contributed by atoms with Gasteiger partial charge in [0.05, 0.1) is 0 Å². The molecule has 0 aliphatic carbocycles. The maximum Gasteiger partial charge on any atom is 0.193 e. The highest BCUT2D eigenvalue weighted by atomic mass is 16.1. The largest absolute Gasteiger partial charge is 0.289 e. The molecule has 0 aromatic heterocycles. The first kappa shape index (κ1) is 9.66. The molecular weight excluding hydrogens is 184 g/mol. The van der Waals surface area contributed by atoms with Gasteiger partial charge in [-0.15, -0.1) is 0 Å². The van der Waals surface area contributed by atoms with Crippen LogP contribution in [0.3, 0.4) is 0 Å². The Labute approximate surface area is 89.4 Å². The maximum absolute atomic E-state index is 12.0. The summed E-state index contributed by atoms with van der Waals surface area (Å²) >= 11 is 0. The highest BCUT2D eigenvalue weighted by Crippen LogP contribution is 2.10.